The molecule has 0 spiro atoms. The van der Waals surface area contributed by atoms with Crippen molar-refractivity contribution in [3.8, 4) is 0 Å². The van der Waals surface area contributed by atoms with E-state index in [4.69, 9.17) is 9.47 Å². The Bertz CT molecular complexity index is 270. The van der Waals surface area contributed by atoms with Crippen molar-refractivity contribution < 1.29 is 14.3 Å². The number of methoxy groups -OCH3 is 1. The van der Waals surface area contributed by atoms with Crippen LogP contribution in [0.5, 0.6) is 0 Å². The van der Waals surface area contributed by atoms with Crippen LogP contribution in [0.15, 0.2) is 0 Å². The molecule has 1 fully saturated rings. The molecule has 1 heterocycles. The van der Waals surface area contributed by atoms with Gasteiger partial charge in [-0.1, -0.05) is 0 Å². The number of ether oxygens (including phenoxy) is 2. The van der Waals surface area contributed by atoms with Gasteiger partial charge in [-0.2, -0.15) is 11.8 Å². The number of piperidine rings is 1. The maximum Gasteiger partial charge on any atom is 0.410 e. The molecule has 0 saturated carbocycles. The number of hydrogen-bond donors (Lipinski definition) is 0. The fourth-order valence-corrected chi connectivity index (χ4v) is 3.15. The highest BCUT2D eigenvalue weighted by Gasteiger charge is 2.26. The second-order valence-corrected chi connectivity index (χ2v) is 7.29. The van der Waals surface area contributed by atoms with Gasteiger partial charge in [-0.15, -0.1) is 0 Å². The van der Waals surface area contributed by atoms with Gasteiger partial charge in [0.15, 0.2) is 0 Å². The lowest BCUT2D eigenvalue weighted by Crippen LogP contribution is -2.42. The van der Waals surface area contributed by atoms with Crippen molar-refractivity contribution in [3.05, 3.63) is 0 Å². The number of hydrogen-bond acceptors (Lipinski definition) is 4. The molecule has 0 aromatic rings. The second-order valence-electron chi connectivity index (χ2n) is 5.88. The van der Waals surface area contributed by atoms with E-state index in [9.17, 15) is 4.79 Å². The standard InChI is InChI=1S/C14H27NO3S/c1-14(2,3)18-13(16)15-8-6-12(7-9-15)19-11-5-10-17-4/h12H,5-11H2,1-4H3. The summed E-state index contributed by atoms with van der Waals surface area (Å²) in [5.41, 5.74) is -0.400. The highest BCUT2D eigenvalue weighted by molar-refractivity contribution is 7.99. The summed E-state index contributed by atoms with van der Waals surface area (Å²) in [4.78, 5) is 13.7. The van der Waals surface area contributed by atoms with Gasteiger partial charge in [0.2, 0.25) is 0 Å². The van der Waals surface area contributed by atoms with E-state index < -0.39 is 5.60 Å². The normalized spacial score (nSPS) is 17.6. The summed E-state index contributed by atoms with van der Waals surface area (Å²) in [5, 5.41) is 0.676. The maximum absolute atomic E-state index is 11.9. The third-order valence-corrected chi connectivity index (χ3v) is 4.41. The van der Waals surface area contributed by atoms with Gasteiger partial charge in [0, 0.05) is 32.1 Å². The van der Waals surface area contributed by atoms with Gasteiger partial charge >= 0.3 is 6.09 Å². The van der Waals surface area contributed by atoms with Crippen molar-refractivity contribution in [1.82, 2.24) is 4.90 Å². The molecule has 112 valence electrons. The Hall–Kier alpha value is -0.420. The molecule has 1 rings (SSSR count). The number of thioether (sulfide) groups is 1. The first kappa shape index (κ1) is 16.6. The lowest BCUT2D eigenvalue weighted by atomic mass is 10.1. The van der Waals surface area contributed by atoms with Crippen LogP contribution in [0.3, 0.4) is 0 Å². The molecule has 1 aliphatic rings. The number of rotatable bonds is 5. The SMILES string of the molecule is COCCCSC1CCN(C(=O)OC(C)(C)C)CC1. The van der Waals surface area contributed by atoms with Crippen LogP contribution in [0.1, 0.15) is 40.0 Å². The zero-order valence-electron chi connectivity index (χ0n) is 12.6. The molecule has 0 unspecified atom stereocenters. The van der Waals surface area contributed by atoms with E-state index in [-0.39, 0.29) is 6.09 Å². The van der Waals surface area contributed by atoms with Crippen LogP contribution in [0.2, 0.25) is 0 Å². The van der Waals surface area contributed by atoms with Crippen molar-refractivity contribution in [3.63, 3.8) is 0 Å². The Kier molecular flexibility index (Phi) is 7.00. The molecule has 0 radical (unpaired) electrons. The average Bonchev–Trinajstić information content (AvgIpc) is 2.33. The largest absolute Gasteiger partial charge is 0.444 e. The van der Waals surface area contributed by atoms with Crippen LogP contribution in [0.25, 0.3) is 0 Å². The molecule has 5 heteroatoms. The third kappa shape index (κ3) is 7.06. The molecule has 19 heavy (non-hydrogen) atoms. The number of amides is 1. The second kappa shape index (κ2) is 8.00. The van der Waals surface area contributed by atoms with E-state index in [1.807, 2.05) is 37.4 Å². The lowest BCUT2D eigenvalue weighted by Gasteiger charge is -2.33. The number of carbonyl (C=O) groups excluding carboxylic acids is 1. The van der Waals surface area contributed by atoms with Crippen molar-refractivity contribution in [2.45, 2.75) is 50.9 Å². The maximum atomic E-state index is 11.9. The van der Waals surface area contributed by atoms with Crippen LogP contribution < -0.4 is 0 Å². The third-order valence-electron chi connectivity index (χ3n) is 2.94. The molecule has 0 aliphatic carbocycles. The molecule has 0 aromatic carbocycles. The van der Waals surface area contributed by atoms with E-state index in [1.165, 1.54) is 0 Å². The van der Waals surface area contributed by atoms with E-state index in [2.05, 4.69) is 0 Å². The number of nitrogens with zero attached hydrogens (tertiary/aromatic N) is 1. The molecular weight excluding hydrogens is 262 g/mol. The lowest BCUT2D eigenvalue weighted by molar-refractivity contribution is 0.0219. The van der Waals surface area contributed by atoms with Gasteiger partial charge in [0.25, 0.3) is 0 Å². The highest BCUT2D eigenvalue weighted by atomic mass is 32.2. The molecule has 0 aromatic heterocycles. The molecule has 4 nitrogen and oxygen atoms in total. The minimum absolute atomic E-state index is 0.171. The highest BCUT2D eigenvalue weighted by Crippen LogP contribution is 2.24. The summed E-state index contributed by atoms with van der Waals surface area (Å²) in [6, 6.07) is 0. The Labute approximate surface area is 121 Å². The zero-order valence-corrected chi connectivity index (χ0v) is 13.4. The predicted octanol–water partition coefficient (Wildman–Crippen LogP) is 3.16. The molecule has 0 bridgehead atoms. The topological polar surface area (TPSA) is 38.8 Å². The van der Waals surface area contributed by atoms with Crippen molar-refractivity contribution in [2.75, 3.05) is 32.6 Å². The summed E-state index contributed by atoms with van der Waals surface area (Å²) >= 11 is 2.01. The van der Waals surface area contributed by atoms with Crippen molar-refractivity contribution >= 4 is 17.9 Å². The molecule has 0 atom stereocenters. The smallest absolute Gasteiger partial charge is 0.410 e. The minimum atomic E-state index is -0.400. The fourth-order valence-electron chi connectivity index (χ4n) is 1.98. The van der Waals surface area contributed by atoms with Gasteiger partial charge in [0.1, 0.15) is 5.60 Å². The summed E-state index contributed by atoms with van der Waals surface area (Å²) in [6.45, 7) is 8.19. The van der Waals surface area contributed by atoms with Gasteiger partial charge < -0.3 is 14.4 Å². The fraction of sp³-hybridized carbons (Fsp3) is 0.929. The van der Waals surface area contributed by atoms with Gasteiger partial charge in [0.05, 0.1) is 0 Å². The number of carbonyl (C=O) groups is 1. The Morgan fingerprint density at radius 1 is 1.32 bits per heavy atom. The summed E-state index contributed by atoms with van der Waals surface area (Å²) in [6.07, 6.45) is 3.07. The van der Waals surface area contributed by atoms with Crippen molar-refractivity contribution in [2.24, 2.45) is 0 Å². The van der Waals surface area contributed by atoms with Crippen molar-refractivity contribution in [1.29, 1.82) is 0 Å². The van der Waals surface area contributed by atoms with Crippen LogP contribution in [-0.2, 0) is 9.47 Å². The molecule has 0 N–H and O–H groups in total. The molecule has 1 saturated heterocycles. The van der Waals surface area contributed by atoms with Gasteiger partial charge in [-0.05, 0) is 45.8 Å². The Balaban J connectivity index is 2.19. The first-order valence-corrected chi connectivity index (χ1v) is 8.05. The minimum Gasteiger partial charge on any atom is -0.444 e. The van der Waals surface area contributed by atoms with Crippen LogP contribution >= 0.6 is 11.8 Å². The summed E-state index contributed by atoms with van der Waals surface area (Å²) < 4.78 is 10.4. The molecule has 1 amide bonds. The van der Waals surface area contributed by atoms with E-state index >= 15 is 0 Å². The van der Waals surface area contributed by atoms with Crippen LogP contribution in [0.4, 0.5) is 4.79 Å². The number of likely N-dealkylation sites (tertiary alicyclic amines) is 1. The average molecular weight is 289 g/mol. The summed E-state index contributed by atoms with van der Waals surface area (Å²) in [5.74, 6) is 1.14. The van der Waals surface area contributed by atoms with E-state index in [1.54, 1.807) is 7.11 Å². The monoisotopic (exact) mass is 289 g/mol. The van der Waals surface area contributed by atoms with Gasteiger partial charge in [-0.3, -0.25) is 0 Å². The first-order chi connectivity index (χ1) is 8.92. The van der Waals surface area contributed by atoms with E-state index in [0.717, 1.165) is 44.7 Å². The Morgan fingerprint density at radius 2 is 1.95 bits per heavy atom. The zero-order chi connectivity index (χ0) is 14.3. The quantitative estimate of drug-likeness (QED) is 0.729. The van der Waals surface area contributed by atoms with Crippen LogP contribution in [0, 0.1) is 0 Å². The van der Waals surface area contributed by atoms with Gasteiger partial charge in [-0.25, -0.2) is 4.79 Å². The van der Waals surface area contributed by atoms with Crippen LogP contribution in [-0.4, -0.2) is 54.4 Å². The summed E-state index contributed by atoms with van der Waals surface area (Å²) in [7, 11) is 1.74. The molecular formula is C14H27NO3S. The van der Waals surface area contributed by atoms with E-state index in [0.29, 0.717) is 5.25 Å². The Morgan fingerprint density at radius 3 is 2.47 bits per heavy atom. The molecule has 1 aliphatic heterocycles. The first-order valence-electron chi connectivity index (χ1n) is 7.01. The predicted molar refractivity (Wildman–Crippen MR) is 79.8 cm³/mol.